The van der Waals surface area contributed by atoms with Crippen molar-refractivity contribution in [2.45, 2.75) is 56.8 Å². The van der Waals surface area contributed by atoms with Crippen LogP contribution in [-0.2, 0) is 14.0 Å². The van der Waals surface area contributed by atoms with Gasteiger partial charge in [-0.05, 0) is 27.7 Å². The standard InChI is InChI=1S/C13H19BF3NO3/c1-10(2)11(3,4)21-14(20-10)12(19-13(15,16)17)8-6-5-7-9(12)18/h5-9H,18H2,1-4H3. The fourth-order valence-corrected chi connectivity index (χ4v) is 2.26. The van der Waals surface area contributed by atoms with Crippen LogP contribution in [0.25, 0.3) is 0 Å². The van der Waals surface area contributed by atoms with E-state index in [1.54, 1.807) is 33.8 Å². The Kier molecular flexibility index (Phi) is 3.81. The molecule has 1 saturated heterocycles. The summed E-state index contributed by atoms with van der Waals surface area (Å²) in [6.07, 6.45) is 0.814. The quantitative estimate of drug-likeness (QED) is 0.796. The van der Waals surface area contributed by atoms with Crippen LogP contribution in [0.2, 0.25) is 0 Å². The van der Waals surface area contributed by atoms with E-state index >= 15 is 0 Å². The predicted octanol–water partition coefficient (Wildman–Crippen LogP) is 2.35. The third kappa shape index (κ3) is 2.90. The maximum atomic E-state index is 12.9. The number of hydrogen-bond acceptors (Lipinski definition) is 4. The molecule has 1 aliphatic heterocycles. The minimum Gasteiger partial charge on any atom is -0.401 e. The SMILES string of the molecule is CC1(C)OB(C2(OC(F)(F)F)C=CC=CC2N)OC1(C)C. The van der Waals surface area contributed by atoms with E-state index in [4.69, 9.17) is 15.0 Å². The molecule has 2 N–H and O–H groups in total. The summed E-state index contributed by atoms with van der Waals surface area (Å²) in [7, 11) is -1.26. The van der Waals surface area contributed by atoms with Crippen molar-refractivity contribution in [3.05, 3.63) is 24.3 Å². The summed E-state index contributed by atoms with van der Waals surface area (Å²) in [6.45, 7) is 7.01. The van der Waals surface area contributed by atoms with E-state index in [1.807, 2.05) is 0 Å². The molecule has 0 bridgehead atoms. The molecule has 1 fully saturated rings. The van der Waals surface area contributed by atoms with Crippen LogP contribution < -0.4 is 5.73 Å². The smallest absolute Gasteiger partial charge is 0.401 e. The van der Waals surface area contributed by atoms with Crippen LogP contribution in [0.1, 0.15) is 27.7 Å². The van der Waals surface area contributed by atoms with Crippen molar-refractivity contribution in [3.8, 4) is 0 Å². The van der Waals surface area contributed by atoms with Gasteiger partial charge in [-0.2, -0.15) is 0 Å². The Morgan fingerprint density at radius 1 is 1.10 bits per heavy atom. The van der Waals surface area contributed by atoms with E-state index in [-0.39, 0.29) is 0 Å². The van der Waals surface area contributed by atoms with Crippen molar-refractivity contribution in [3.63, 3.8) is 0 Å². The van der Waals surface area contributed by atoms with Gasteiger partial charge in [0, 0.05) is 0 Å². The summed E-state index contributed by atoms with van der Waals surface area (Å²) in [5.41, 5.74) is 2.34. The minimum atomic E-state index is -4.86. The zero-order valence-electron chi connectivity index (χ0n) is 12.4. The maximum Gasteiger partial charge on any atom is 0.522 e. The molecular weight excluding hydrogens is 286 g/mol. The van der Waals surface area contributed by atoms with Crippen LogP contribution in [0.15, 0.2) is 24.3 Å². The van der Waals surface area contributed by atoms with Crippen molar-refractivity contribution in [2.75, 3.05) is 0 Å². The van der Waals surface area contributed by atoms with E-state index in [0.717, 1.165) is 0 Å². The Hall–Kier alpha value is -0.825. The number of halogens is 3. The van der Waals surface area contributed by atoms with E-state index in [0.29, 0.717) is 0 Å². The highest BCUT2D eigenvalue weighted by Crippen LogP contribution is 2.44. The van der Waals surface area contributed by atoms with Gasteiger partial charge in [-0.25, -0.2) is 0 Å². The van der Waals surface area contributed by atoms with Crippen LogP contribution >= 0.6 is 0 Å². The third-order valence-corrected chi connectivity index (χ3v) is 4.22. The lowest BCUT2D eigenvalue weighted by Gasteiger charge is -2.37. The van der Waals surface area contributed by atoms with Crippen LogP contribution in [0, 0.1) is 0 Å². The molecule has 1 heterocycles. The van der Waals surface area contributed by atoms with E-state index in [9.17, 15) is 13.2 Å². The second-order valence-corrected chi connectivity index (χ2v) is 6.26. The van der Waals surface area contributed by atoms with Gasteiger partial charge in [-0.15, -0.1) is 13.2 Å². The van der Waals surface area contributed by atoms with Gasteiger partial charge in [0.05, 0.1) is 17.2 Å². The second-order valence-electron chi connectivity index (χ2n) is 6.26. The first kappa shape index (κ1) is 16.5. The lowest BCUT2D eigenvalue weighted by atomic mass is 9.61. The highest BCUT2D eigenvalue weighted by molar-refractivity contribution is 6.50. The number of rotatable bonds is 2. The largest absolute Gasteiger partial charge is 0.522 e. The molecule has 2 rings (SSSR count). The lowest BCUT2D eigenvalue weighted by molar-refractivity contribution is -0.349. The lowest BCUT2D eigenvalue weighted by Crippen LogP contribution is -2.62. The molecule has 1 aliphatic carbocycles. The second kappa shape index (κ2) is 4.84. The van der Waals surface area contributed by atoms with Crippen molar-refractivity contribution in [2.24, 2.45) is 5.73 Å². The van der Waals surface area contributed by atoms with E-state index in [2.05, 4.69) is 4.74 Å². The Labute approximate surface area is 122 Å². The fraction of sp³-hybridized carbons (Fsp3) is 0.692. The van der Waals surface area contributed by atoms with Crippen molar-refractivity contribution in [1.82, 2.24) is 0 Å². The summed E-state index contributed by atoms with van der Waals surface area (Å²) >= 11 is 0. The van der Waals surface area contributed by atoms with E-state index in [1.165, 1.54) is 18.2 Å². The van der Waals surface area contributed by atoms with Gasteiger partial charge in [0.15, 0.2) is 0 Å². The monoisotopic (exact) mass is 305 g/mol. The molecule has 4 nitrogen and oxygen atoms in total. The highest BCUT2D eigenvalue weighted by Gasteiger charge is 2.64. The molecule has 2 unspecified atom stereocenters. The van der Waals surface area contributed by atoms with Gasteiger partial charge in [0.25, 0.3) is 0 Å². The molecule has 2 atom stereocenters. The van der Waals surface area contributed by atoms with Gasteiger partial charge in [0.2, 0.25) is 0 Å². The molecule has 0 amide bonds. The van der Waals surface area contributed by atoms with Crippen LogP contribution in [0.4, 0.5) is 13.2 Å². The Morgan fingerprint density at radius 3 is 2.05 bits per heavy atom. The molecule has 0 spiro atoms. The molecule has 118 valence electrons. The molecule has 0 aromatic carbocycles. The fourth-order valence-electron chi connectivity index (χ4n) is 2.26. The number of alkyl halides is 3. The van der Waals surface area contributed by atoms with Gasteiger partial charge < -0.3 is 15.0 Å². The first-order valence-corrected chi connectivity index (χ1v) is 6.64. The summed E-state index contributed by atoms with van der Waals surface area (Å²) in [4.78, 5) is 0. The van der Waals surface area contributed by atoms with Gasteiger partial charge in [-0.1, -0.05) is 24.3 Å². The average Bonchev–Trinajstić information content (AvgIpc) is 2.50. The zero-order valence-corrected chi connectivity index (χ0v) is 12.4. The maximum absolute atomic E-state index is 12.9. The Balaban J connectivity index is 2.39. The molecule has 2 aliphatic rings. The topological polar surface area (TPSA) is 53.7 Å². The highest BCUT2D eigenvalue weighted by atomic mass is 19.4. The number of hydrogen-bond donors (Lipinski definition) is 1. The van der Waals surface area contributed by atoms with E-state index < -0.39 is 36.2 Å². The molecule has 8 heteroatoms. The number of allylic oxidation sites excluding steroid dienone is 2. The van der Waals surface area contributed by atoms with Crippen molar-refractivity contribution in [1.29, 1.82) is 0 Å². The molecule has 21 heavy (non-hydrogen) atoms. The van der Waals surface area contributed by atoms with Gasteiger partial charge >= 0.3 is 13.5 Å². The molecule has 0 aromatic heterocycles. The first-order valence-electron chi connectivity index (χ1n) is 6.64. The summed E-state index contributed by atoms with van der Waals surface area (Å²) in [6, 6.07) is -1.04. The van der Waals surface area contributed by atoms with Crippen LogP contribution in [-0.4, -0.2) is 36.2 Å². The van der Waals surface area contributed by atoms with Crippen molar-refractivity contribution >= 4 is 7.12 Å². The Morgan fingerprint density at radius 2 is 1.62 bits per heavy atom. The summed E-state index contributed by atoms with van der Waals surface area (Å²) < 4.78 is 54.3. The minimum absolute atomic E-state index is 0.783. The first-order chi connectivity index (χ1) is 9.40. The number of ether oxygens (including phenoxy) is 1. The number of nitrogens with two attached hydrogens (primary N) is 1. The average molecular weight is 305 g/mol. The van der Waals surface area contributed by atoms with Gasteiger partial charge in [-0.3, -0.25) is 4.74 Å². The molecule has 0 saturated carbocycles. The van der Waals surface area contributed by atoms with Crippen LogP contribution in [0.3, 0.4) is 0 Å². The van der Waals surface area contributed by atoms with Crippen molar-refractivity contribution < 1.29 is 27.2 Å². The van der Waals surface area contributed by atoms with Crippen LogP contribution in [0.5, 0.6) is 0 Å². The normalized spacial score (nSPS) is 34.5. The molecular formula is C13H19BF3NO3. The van der Waals surface area contributed by atoms with Gasteiger partial charge in [0.1, 0.15) is 5.50 Å². The Bertz CT molecular complexity index is 460. The zero-order chi connectivity index (χ0) is 16.1. The summed E-state index contributed by atoms with van der Waals surface area (Å²) in [5, 5.41) is 0. The molecule has 0 radical (unpaired) electrons. The summed E-state index contributed by atoms with van der Waals surface area (Å²) in [5.74, 6) is 0. The molecule has 0 aromatic rings. The third-order valence-electron chi connectivity index (χ3n) is 4.22. The predicted molar refractivity (Wildman–Crippen MR) is 72.2 cm³/mol.